The van der Waals surface area contributed by atoms with Gasteiger partial charge in [-0.05, 0) is 51.3 Å². The van der Waals surface area contributed by atoms with Crippen molar-refractivity contribution in [1.29, 1.82) is 0 Å². The fraction of sp³-hybridized carbons (Fsp3) is 0.533. The maximum atomic E-state index is 13.5. The minimum absolute atomic E-state index is 0.253. The second kappa shape index (κ2) is 7.67. The van der Waals surface area contributed by atoms with Crippen molar-refractivity contribution in [3.63, 3.8) is 0 Å². The van der Waals surface area contributed by atoms with Gasteiger partial charge in [-0.15, -0.1) is 0 Å². The fourth-order valence-electron chi connectivity index (χ4n) is 2.38. The summed E-state index contributed by atoms with van der Waals surface area (Å²) in [6, 6.07) is 4.96. The van der Waals surface area contributed by atoms with Gasteiger partial charge in [0.1, 0.15) is 10.8 Å². The van der Waals surface area contributed by atoms with Crippen molar-refractivity contribution in [2.75, 3.05) is 27.2 Å². The molecule has 1 atom stereocenters. The van der Waals surface area contributed by atoms with Crippen LogP contribution in [0.3, 0.4) is 0 Å². The lowest BCUT2D eigenvalue weighted by molar-refractivity contribution is 0.174. The number of hydrogen-bond donors (Lipinski definition) is 1. The number of rotatable bonds is 7. The van der Waals surface area contributed by atoms with Gasteiger partial charge in [-0.25, -0.2) is 4.39 Å². The Balaban J connectivity index is 2.94. The van der Waals surface area contributed by atoms with Crippen LogP contribution in [0.1, 0.15) is 25.0 Å². The largest absolute Gasteiger partial charge is 0.389 e. The van der Waals surface area contributed by atoms with Gasteiger partial charge in [0.2, 0.25) is 0 Å². The molecular formula is C15H24FN3S. The van der Waals surface area contributed by atoms with Crippen LogP contribution >= 0.6 is 12.2 Å². The van der Waals surface area contributed by atoms with E-state index in [2.05, 4.69) is 23.6 Å². The van der Waals surface area contributed by atoms with Gasteiger partial charge in [-0.2, -0.15) is 0 Å². The third-order valence-corrected chi connectivity index (χ3v) is 3.58. The minimum Gasteiger partial charge on any atom is -0.389 e. The van der Waals surface area contributed by atoms with E-state index in [0.29, 0.717) is 17.6 Å². The monoisotopic (exact) mass is 297 g/mol. The number of hydrogen-bond acceptors (Lipinski definition) is 3. The Bertz CT molecular complexity index is 462. The third kappa shape index (κ3) is 4.81. The molecule has 1 aromatic rings. The second-order valence-electron chi connectivity index (χ2n) is 5.34. The van der Waals surface area contributed by atoms with Crippen LogP contribution in [0.5, 0.6) is 0 Å². The fourth-order valence-corrected chi connectivity index (χ4v) is 2.57. The third-order valence-electron chi connectivity index (χ3n) is 3.37. The van der Waals surface area contributed by atoms with E-state index in [0.717, 1.165) is 24.2 Å². The first-order valence-corrected chi connectivity index (χ1v) is 7.23. The van der Waals surface area contributed by atoms with Gasteiger partial charge in [-0.3, -0.25) is 4.90 Å². The first-order chi connectivity index (χ1) is 9.35. The van der Waals surface area contributed by atoms with E-state index >= 15 is 0 Å². The van der Waals surface area contributed by atoms with Crippen molar-refractivity contribution in [1.82, 2.24) is 9.80 Å². The standard InChI is InChI=1S/C15H24FN3S/c1-5-19(11(2)9-18(3)4)10-12-8-13(16)6-7-14(12)15(17)20/h6-8,11H,5,9-10H2,1-4H3,(H2,17,20). The lowest BCUT2D eigenvalue weighted by Crippen LogP contribution is -2.39. The highest BCUT2D eigenvalue weighted by molar-refractivity contribution is 7.80. The number of nitrogens with two attached hydrogens (primary N) is 1. The molecule has 0 amide bonds. The average molecular weight is 297 g/mol. The van der Waals surface area contributed by atoms with Gasteiger partial charge in [-0.1, -0.05) is 19.1 Å². The summed E-state index contributed by atoms with van der Waals surface area (Å²) >= 11 is 5.05. The van der Waals surface area contributed by atoms with Crippen LogP contribution in [0.4, 0.5) is 4.39 Å². The molecule has 0 heterocycles. The Labute approximate surface area is 126 Å². The topological polar surface area (TPSA) is 32.5 Å². The van der Waals surface area contributed by atoms with Crippen LogP contribution in [-0.4, -0.2) is 48.0 Å². The highest BCUT2D eigenvalue weighted by Gasteiger charge is 2.16. The highest BCUT2D eigenvalue weighted by Crippen LogP contribution is 2.16. The summed E-state index contributed by atoms with van der Waals surface area (Å²) in [6.07, 6.45) is 0. The predicted molar refractivity (Wildman–Crippen MR) is 86.4 cm³/mol. The number of thiocarbonyl (C=S) groups is 1. The van der Waals surface area contributed by atoms with Crippen LogP contribution in [0.15, 0.2) is 18.2 Å². The molecule has 0 radical (unpaired) electrons. The van der Waals surface area contributed by atoms with Gasteiger partial charge in [0.05, 0.1) is 0 Å². The smallest absolute Gasteiger partial charge is 0.123 e. The van der Waals surface area contributed by atoms with Crippen molar-refractivity contribution in [2.45, 2.75) is 26.4 Å². The van der Waals surface area contributed by atoms with E-state index in [4.69, 9.17) is 18.0 Å². The van der Waals surface area contributed by atoms with E-state index in [-0.39, 0.29) is 5.82 Å². The predicted octanol–water partition coefficient (Wildman–Crippen LogP) is 2.23. The van der Waals surface area contributed by atoms with Gasteiger partial charge in [0.25, 0.3) is 0 Å². The molecule has 3 nitrogen and oxygen atoms in total. The zero-order valence-electron chi connectivity index (χ0n) is 12.7. The molecule has 0 aliphatic carbocycles. The van der Waals surface area contributed by atoms with E-state index in [9.17, 15) is 4.39 Å². The molecule has 0 aliphatic heterocycles. The normalized spacial score (nSPS) is 12.9. The highest BCUT2D eigenvalue weighted by atomic mass is 32.1. The molecule has 2 N–H and O–H groups in total. The van der Waals surface area contributed by atoms with Gasteiger partial charge < -0.3 is 10.6 Å². The molecule has 0 aromatic heterocycles. The van der Waals surface area contributed by atoms with Crippen molar-refractivity contribution >= 4 is 17.2 Å². The Hall–Kier alpha value is -1.04. The first-order valence-electron chi connectivity index (χ1n) is 6.82. The van der Waals surface area contributed by atoms with Crippen LogP contribution in [0.25, 0.3) is 0 Å². The first kappa shape index (κ1) is 17.0. The molecule has 0 fully saturated rings. The van der Waals surface area contributed by atoms with Crippen molar-refractivity contribution < 1.29 is 4.39 Å². The zero-order valence-corrected chi connectivity index (χ0v) is 13.5. The molecule has 1 unspecified atom stereocenters. The summed E-state index contributed by atoms with van der Waals surface area (Å²) in [5, 5.41) is 0. The lowest BCUT2D eigenvalue weighted by Gasteiger charge is -2.30. The Morgan fingerprint density at radius 3 is 2.55 bits per heavy atom. The summed E-state index contributed by atoms with van der Waals surface area (Å²) in [5.41, 5.74) is 7.33. The SMILES string of the molecule is CCN(Cc1cc(F)ccc1C(N)=S)C(C)CN(C)C. The van der Waals surface area contributed by atoms with Gasteiger partial charge in [0.15, 0.2) is 0 Å². The number of likely N-dealkylation sites (N-methyl/N-ethyl adjacent to an activating group) is 2. The molecule has 112 valence electrons. The second-order valence-corrected chi connectivity index (χ2v) is 5.78. The molecule has 20 heavy (non-hydrogen) atoms. The van der Waals surface area contributed by atoms with Gasteiger partial charge >= 0.3 is 0 Å². The zero-order chi connectivity index (χ0) is 15.3. The quantitative estimate of drug-likeness (QED) is 0.782. The summed E-state index contributed by atoms with van der Waals surface area (Å²) in [4.78, 5) is 4.75. The van der Waals surface area contributed by atoms with Crippen LogP contribution in [0.2, 0.25) is 0 Å². The van der Waals surface area contributed by atoms with Crippen molar-refractivity contribution in [3.8, 4) is 0 Å². The Kier molecular flexibility index (Phi) is 6.52. The molecule has 5 heteroatoms. The van der Waals surface area contributed by atoms with E-state index in [1.807, 2.05) is 14.1 Å². The summed E-state index contributed by atoms with van der Waals surface area (Å²) in [7, 11) is 4.10. The van der Waals surface area contributed by atoms with Crippen LogP contribution < -0.4 is 5.73 Å². The maximum absolute atomic E-state index is 13.5. The molecule has 0 spiro atoms. The van der Waals surface area contributed by atoms with E-state index < -0.39 is 0 Å². The summed E-state index contributed by atoms with van der Waals surface area (Å²) < 4.78 is 13.5. The summed E-state index contributed by atoms with van der Waals surface area (Å²) in [6.45, 7) is 6.76. The van der Waals surface area contributed by atoms with Gasteiger partial charge in [0, 0.05) is 24.7 Å². The van der Waals surface area contributed by atoms with Crippen LogP contribution in [-0.2, 0) is 6.54 Å². The molecule has 1 rings (SSSR count). The molecule has 0 bridgehead atoms. The molecule has 1 aromatic carbocycles. The van der Waals surface area contributed by atoms with Crippen molar-refractivity contribution in [3.05, 3.63) is 35.1 Å². The van der Waals surface area contributed by atoms with E-state index in [1.165, 1.54) is 12.1 Å². The number of benzene rings is 1. The molecule has 0 saturated carbocycles. The Morgan fingerprint density at radius 1 is 1.40 bits per heavy atom. The maximum Gasteiger partial charge on any atom is 0.123 e. The van der Waals surface area contributed by atoms with Crippen LogP contribution in [0, 0.1) is 5.82 Å². The number of nitrogens with zero attached hydrogens (tertiary/aromatic N) is 2. The Morgan fingerprint density at radius 2 is 2.05 bits per heavy atom. The average Bonchev–Trinajstić information content (AvgIpc) is 2.34. The molecular weight excluding hydrogens is 273 g/mol. The molecule has 0 aliphatic rings. The van der Waals surface area contributed by atoms with Crippen molar-refractivity contribution in [2.24, 2.45) is 5.73 Å². The minimum atomic E-state index is -0.253. The van der Waals surface area contributed by atoms with E-state index in [1.54, 1.807) is 6.07 Å². The lowest BCUT2D eigenvalue weighted by atomic mass is 10.1. The summed E-state index contributed by atoms with van der Waals surface area (Å²) in [5.74, 6) is -0.253. The number of halogens is 1. The molecule has 0 saturated heterocycles.